The molecule has 0 radical (unpaired) electrons. The summed E-state index contributed by atoms with van der Waals surface area (Å²) in [6, 6.07) is -0.0324. The van der Waals surface area contributed by atoms with Gasteiger partial charge in [-0.2, -0.15) is 0 Å². The molecule has 1 unspecified atom stereocenters. The number of ketones is 1. The van der Waals surface area contributed by atoms with Crippen LogP contribution in [0.2, 0.25) is 0 Å². The molecular formula is C10H24N2O. The Balaban J connectivity index is 0. The second kappa shape index (κ2) is 11.6. The fourth-order valence-electron chi connectivity index (χ4n) is 0.653. The van der Waals surface area contributed by atoms with Gasteiger partial charge >= 0.3 is 0 Å². The SMILES string of the molecule is CCCC.CNCC(NC)C(C)=O. The molecule has 0 amide bonds. The molecule has 0 bridgehead atoms. The standard InChI is InChI=1S/C6H14N2O.C4H10/c1-5(9)6(8-3)4-7-2;1-3-4-2/h6-8H,4H2,1-3H3;3-4H2,1-2H3. The van der Waals surface area contributed by atoms with E-state index in [0.29, 0.717) is 6.54 Å². The van der Waals surface area contributed by atoms with Crippen LogP contribution in [-0.2, 0) is 4.79 Å². The van der Waals surface area contributed by atoms with Crippen LogP contribution in [0, 0.1) is 0 Å². The summed E-state index contributed by atoms with van der Waals surface area (Å²) < 4.78 is 0. The van der Waals surface area contributed by atoms with E-state index < -0.39 is 0 Å². The molecule has 0 aromatic heterocycles. The third kappa shape index (κ3) is 11.6. The zero-order chi connectivity index (χ0) is 10.7. The van der Waals surface area contributed by atoms with Gasteiger partial charge in [0, 0.05) is 6.54 Å². The summed E-state index contributed by atoms with van der Waals surface area (Å²) in [6.45, 7) is 6.64. The van der Waals surface area contributed by atoms with Crippen LogP contribution < -0.4 is 10.6 Å². The van der Waals surface area contributed by atoms with E-state index in [2.05, 4.69) is 24.5 Å². The fraction of sp³-hybridized carbons (Fsp3) is 0.900. The molecule has 0 saturated carbocycles. The molecule has 0 aromatic carbocycles. The smallest absolute Gasteiger partial charge is 0.147 e. The molecule has 0 rings (SSSR count). The molecule has 0 aromatic rings. The van der Waals surface area contributed by atoms with Gasteiger partial charge in [-0.25, -0.2) is 0 Å². The first-order valence-corrected chi connectivity index (χ1v) is 4.96. The molecule has 3 heteroatoms. The number of hydrogen-bond donors (Lipinski definition) is 2. The Labute approximate surface area is 82.3 Å². The van der Waals surface area contributed by atoms with Gasteiger partial charge in [0.05, 0.1) is 6.04 Å². The molecule has 3 nitrogen and oxygen atoms in total. The lowest BCUT2D eigenvalue weighted by Gasteiger charge is -2.10. The molecule has 0 heterocycles. The van der Waals surface area contributed by atoms with Crippen LogP contribution in [0.25, 0.3) is 0 Å². The molecule has 2 N–H and O–H groups in total. The van der Waals surface area contributed by atoms with Crippen LogP contribution >= 0.6 is 0 Å². The minimum absolute atomic E-state index is 0.0324. The summed E-state index contributed by atoms with van der Waals surface area (Å²) in [6.07, 6.45) is 2.64. The largest absolute Gasteiger partial charge is 0.318 e. The van der Waals surface area contributed by atoms with Crippen LogP contribution in [0.15, 0.2) is 0 Å². The first kappa shape index (κ1) is 15.1. The molecule has 13 heavy (non-hydrogen) atoms. The van der Waals surface area contributed by atoms with Crippen LogP contribution in [0.5, 0.6) is 0 Å². The van der Waals surface area contributed by atoms with Gasteiger partial charge in [-0.3, -0.25) is 4.79 Å². The highest BCUT2D eigenvalue weighted by molar-refractivity contribution is 5.81. The molecular weight excluding hydrogens is 164 g/mol. The number of likely N-dealkylation sites (N-methyl/N-ethyl adjacent to an activating group) is 2. The van der Waals surface area contributed by atoms with Gasteiger partial charge in [0.25, 0.3) is 0 Å². The maximum absolute atomic E-state index is 10.7. The summed E-state index contributed by atoms with van der Waals surface area (Å²) in [4.78, 5) is 10.7. The Morgan fingerprint density at radius 3 is 1.77 bits per heavy atom. The molecule has 0 saturated heterocycles. The number of nitrogens with one attached hydrogen (secondary N) is 2. The van der Waals surface area contributed by atoms with Crippen LogP contribution in [-0.4, -0.2) is 32.5 Å². The molecule has 0 aliphatic heterocycles. The highest BCUT2D eigenvalue weighted by atomic mass is 16.1. The lowest BCUT2D eigenvalue weighted by atomic mass is 10.2. The topological polar surface area (TPSA) is 41.1 Å². The van der Waals surface area contributed by atoms with Crippen molar-refractivity contribution >= 4 is 5.78 Å². The Kier molecular flexibility index (Phi) is 13.4. The van der Waals surface area contributed by atoms with E-state index in [1.54, 1.807) is 14.0 Å². The molecule has 80 valence electrons. The zero-order valence-electron chi connectivity index (χ0n) is 9.61. The van der Waals surface area contributed by atoms with E-state index in [0.717, 1.165) is 0 Å². The zero-order valence-corrected chi connectivity index (χ0v) is 9.61. The molecule has 1 atom stereocenters. The van der Waals surface area contributed by atoms with Crippen molar-refractivity contribution in [3.8, 4) is 0 Å². The predicted molar refractivity (Wildman–Crippen MR) is 58.0 cm³/mol. The van der Waals surface area contributed by atoms with Crippen molar-refractivity contribution in [2.75, 3.05) is 20.6 Å². The maximum Gasteiger partial charge on any atom is 0.147 e. The average molecular weight is 188 g/mol. The van der Waals surface area contributed by atoms with Gasteiger partial charge in [0.15, 0.2) is 0 Å². The number of Topliss-reactive ketones (excluding diaryl/α,β-unsaturated/α-hetero) is 1. The summed E-state index contributed by atoms with van der Waals surface area (Å²) >= 11 is 0. The number of unbranched alkanes of at least 4 members (excludes halogenated alkanes) is 1. The van der Waals surface area contributed by atoms with Gasteiger partial charge < -0.3 is 10.6 Å². The van der Waals surface area contributed by atoms with E-state index in [-0.39, 0.29) is 11.8 Å². The van der Waals surface area contributed by atoms with E-state index in [9.17, 15) is 4.79 Å². The molecule has 0 aliphatic rings. The molecule has 0 fully saturated rings. The van der Waals surface area contributed by atoms with E-state index in [4.69, 9.17) is 0 Å². The lowest BCUT2D eigenvalue weighted by molar-refractivity contribution is -0.118. The third-order valence-corrected chi connectivity index (χ3v) is 1.75. The lowest BCUT2D eigenvalue weighted by Crippen LogP contribution is -2.40. The van der Waals surface area contributed by atoms with Crippen LogP contribution in [0.1, 0.15) is 33.6 Å². The maximum atomic E-state index is 10.7. The third-order valence-electron chi connectivity index (χ3n) is 1.75. The van der Waals surface area contributed by atoms with Crippen molar-refractivity contribution < 1.29 is 4.79 Å². The Morgan fingerprint density at radius 2 is 1.69 bits per heavy atom. The molecule has 0 spiro atoms. The minimum atomic E-state index is -0.0324. The number of carbonyl (C=O) groups excluding carboxylic acids is 1. The molecule has 0 aliphatic carbocycles. The summed E-state index contributed by atoms with van der Waals surface area (Å²) in [7, 11) is 3.61. The van der Waals surface area contributed by atoms with Gasteiger partial charge in [-0.15, -0.1) is 0 Å². The fourth-order valence-corrected chi connectivity index (χ4v) is 0.653. The Morgan fingerprint density at radius 1 is 1.23 bits per heavy atom. The average Bonchev–Trinajstić information content (AvgIpc) is 2.14. The second-order valence-electron chi connectivity index (χ2n) is 3.01. The summed E-state index contributed by atoms with van der Waals surface area (Å²) in [5, 5.41) is 5.81. The predicted octanol–water partition coefficient (Wildman–Crippen LogP) is 1.19. The number of hydrogen-bond acceptors (Lipinski definition) is 3. The van der Waals surface area contributed by atoms with Crippen molar-refractivity contribution in [1.29, 1.82) is 0 Å². The van der Waals surface area contributed by atoms with E-state index in [1.807, 2.05) is 7.05 Å². The highest BCUT2D eigenvalue weighted by Crippen LogP contribution is 1.80. The summed E-state index contributed by atoms with van der Waals surface area (Å²) in [5.41, 5.74) is 0. The number of carbonyl (C=O) groups is 1. The van der Waals surface area contributed by atoms with Crippen molar-refractivity contribution in [1.82, 2.24) is 10.6 Å². The van der Waals surface area contributed by atoms with Crippen molar-refractivity contribution in [2.24, 2.45) is 0 Å². The quantitative estimate of drug-likeness (QED) is 0.681. The Bertz CT molecular complexity index is 113. The van der Waals surface area contributed by atoms with Gasteiger partial charge in [-0.05, 0) is 21.0 Å². The van der Waals surface area contributed by atoms with Gasteiger partial charge in [0.1, 0.15) is 5.78 Å². The second-order valence-corrected chi connectivity index (χ2v) is 3.01. The van der Waals surface area contributed by atoms with Crippen LogP contribution in [0.3, 0.4) is 0 Å². The first-order chi connectivity index (χ1) is 6.13. The first-order valence-electron chi connectivity index (χ1n) is 4.96. The monoisotopic (exact) mass is 188 g/mol. The number of rotatable bonds is 5. The van der Waals surface area contributed by atoms with Crippen molar-refractivity contribution in [3.05, 3.63) is 0 Å². The van der Waals surface area contributed by atoms with E-state index in [1.165, 1.54) is 12.8 Å². The Hall–Kier alpha value is -0.410. The normalized spacial score (nSPS) is 11.5. The highest BCUT2D eigenvalue weighted by Gasteiger charge is 2.07. The van der Waals surface area contributed by atoms with Crippen molar-refractivity contribution in [2.45, 2.75) is 39.7 Å². The van der Waals surface area contributed by atoms with Gasteiger partial charge in [0.2, 0.25) is 0 Å². The summed E-state index contributed by atoms with van der Waals surface area (Å²) in [5.74, 6) is 0.173. The van der Waals surface area contributed by atoms with Gasteiger partial charge in [-0.1, -0.05) is 26.7 Å². The van der Waals surface area contributed by atoms with E-state index >= 15 is 0 Å². The minimum Gasteiger partial charge on any atom is -0.318 e. The van der Waals surface area contributed by atoms with Crippen molar-refractivity contribution in [3.63, 3.8) is 0 Å². The van der Waals surface area contributed by atoms with Crippen LogP contribution in [0.4, 0.5) is 0 Å².